The molecule has 7 nitrogen and oxygen atoms in total. The lowest BCUT2D eigenvalue weighted by atomic mass is 9.97. The van der Waals surface area contributed by atoms with E-state index in [1.807, 2.05) is 22.7 Å². The first-order valence-corrected chi connectivity index (χ1v) is 8.85. The van der Waals surface area contributed by atoms with Gasteiger partial charge in [0, 0.05) is 32.4 Å². The fourth-order valence-electron chi connectivity index (χ4n) is 3.20. The summed E-state index contributed by atoms with van der Waals surface area (Å²) < 4.78 is 1.98. The highest BCUT2D eigenvalue weighted by Crippen LogP contribution is 2.19. The summed E-state index contributed by atoms with van der Waals surface area (Å²) in [6, 6.07) is 6.48. The Hall–Kier alpha value is -2.83. The summed E-state index contributed by atoms with van der Waals surface area (Å²) in [5.74, 6) is -0.407. The van der Waals surface area contributed by atoms with Crippen LogP contribution in [0.15, 0.2) is 36.7 Å². The van der Waals surface area contributed by atoms with Gasteiger partial charge in [0.05, 0.1) is 11.8 Å². The molecule has 0 spiro atoms. The number of carbonyl (C=O) groups is 2. The number of hydrogen-bond acceptors (Lipinski definition) is 3. The van der Waals surface area contributed by atoms with Crippen molar-refractivity contribution in [1.82, 2.24) is 20.0 Å². The molecule has 7 heteroatoms. The van der Waals surface area contributed by atoms with Crippen molar-refractivity contribution in [3.8, 4) is 0 Å². The number of nitrogens with zero attached hydrogens (tertiary/aromatic N) is 3. The monoisotopic (exact) mass is 356 g/mol. The SMILES string of the molecule is Cc1cnn(CC2CCN(C(=O)NCc3ccc(C(=O)O)cc3)CC2)c1. The Morgan fingerprint density at radius 1 is 1.23 bits per heavy atom. The molecule has 1 aliphatic heterocycles. The Morgan fingerprint density at radius 3 is 2.50 bits per heavy atom. The first-order chi connectivity index (χ1) is 12.5. The first-order valence-electron chi connectivity index (χ1n) is 8.85. The van der Waals surface area contributed by atoms with Crippen LogP contribution in [0, 0.1) is 12.8 Å². The number of aromatic nitrogens is 2. The van der Waals surface area contributed by atoms with Crippen LogP contribution in [0.1, 0.15) is 34.3 Å². The van der Waals surface area contributed by atoms with Crippen molar-refractivity contribution in [3.05, 3.63) is 53.3 Å². The van der Waals surface area contributed by atoms with Crippen molar-refractivity contribution in [1.29, 1.82) is 0 Å². The van der Waals surface area contributed by atoms with E-state index in [0.29, 0.717) is 12.5 Å². The van der Waals surface area contributed by atoms with Gasteiger partial charge in [0.2, 0.25) is 0 Å². The van der Waals surface area contributed by atoms with Crippen LogP contribution in [0.2, 0.25) is 0 Å². The lowest BCUT2D eigenvalue weighted by Crippen LogP contribution is -2.44. The molecule has 1 aromatic heterocycles. The summed E-state index contributed by atoms with van der Waals surface area (Å²) in [5.41, 5.74) is 2.29. The van der Waals surface area contributed by atoms with E-state index < -0.39 is 5.97 Å². The highest BCUT2D eigenvalue weighted by Gasteiger charge is 2.23. The second-order valence-corrected chi connectivity index (χ2v) is 6.83. The van der Waals surface area contributed by atoms with Gasteiger partial charge in [-0.1, -0.05) is 12.1 Å². The minimum Gasteiger partial charge on any atom is -0.478 e. The first kappa shape index (κ1) is 18.0. The van der Waals surface area contributed by atoms with Crippen LogP contribution in [0.3, 0.4) is 0 Å². The molecule has 0 bridgehead atoms. The molecule has 0 radical (unpaired) electrons. The van der Waals surface area contributed by atoms with E-state index >= 15 is 0 Å². The topological polar surface area (TPSA) is 87.5 Å². The van der Waals surface area contributed by atoms with Gasteiger partial charge in [0.25, 0.3) is 0 Å². The maximum absolute atomic E-state index is 12.3. The van der Waals surface area contributed by atoms with Crippen molar-refractivity contribution < 1.29 is 14.7 Å². The number of amides is 2. The van der Waals surface area contributed by atoms with Crippen molar-refractivity contribution in [2.24, 2.45) is 5.92 Å². The van der Waals surface area contributed by atoms with Gasteiger partial charge < -0.3 is 15.3 Å². The third kappa shape index (κ3) is 4.62. The summed E-state index contributed by atoms with van der Waals surface area (Å²) >= 11 is 0. The van der Waals surface area contributed by atoms with Gasteiger partial charge in [-0.3, -0.25) is 4.68 Å². The molecule has 2 amide bonds. The van der Waals surface area contributed by atoms with Gasteiger partial charge in [0.1, 0.15) is 0 Å². The molecule has 138 valence electrons. The molecule has 2 heterocycles. The number of urea groups is 1. The van der Waals surface area contributed by atoms with Crippen molar-refractivity contribution in [2.45, 2.75) is 32.9 Å². The lowest BCUT2D eigenvalue weighted by molar-refractivity contribution is 0.0697. The number of hydrogen-bond donors (Lipinski definition) is 2. The predicted molar refractivity (Wildman–Crippen MR) is 96.9 cm³/mol. The van der Waals surface area contributed by atoms with Crippen LogP contribution in [-0.2, 0) is 13.1 Å². The van der Waals surface area contributed by atoms with Gasteiger partial charge in [-0.15, -0.1) is 0 Å². The summed E-state index contributed by atoms with van der Waals surface area (Å²) in [7, 11) is 0. The third-order valence-corrected chi connectivity index (χ3v) is 4.75. The maximum Gasteiger partial charge on any atom is 0.335 e. The number of aromatic carboxylic acids is 1. The van der Waals surface area contributed by atoms with E-state index in [1.54, 1.807) is 24.3 Å². The van der Waals surface area contributed by atoms with Gasteiger partial charge in [-0.05, 0) is 48.9 Å². The molecule has 1 aromatic carbocycles. The van der Waals surface area contributed by atoms with Crippen molar-refractivity contribution in [3.63, 3.8) is 0 Å². The summed E-state index contributed by atoms with van der Waals surface area (Å²) in [6.07, 6.45) is 5.86. The molecule has 26 heavy (non-hydrogen) atoms. The van der Waals surface area contributed by atoms with E-state index in [-0.39, 0.29) is 11.6 Å². The number of rotatable bonds is 5. The lowest BCUT2D eigenvalue weighted by Gasteiger charge is -2.32. The highest BCUT2D eigenvalue weighted by molar-refractivity contribution is 5.87. The zero-order valence-electron chi connectivity index (χ0n) is 14.9. The molecule has 3 rings (SSSR count). The maximum atomic E-state index is 12.3. The van der Waals surface area contributed by atoms with Crippen molar-refractivity contribution in [2.75, 3.05) is 13.1 Å². The average molecular weight is 356 g/mol. The molecule has 0 aliphatic carbocycles. The number of benzene rings is 1. The van der Waals surface area contributed by atoms with Crippen LogP contribution in [0.4, 0.5) is 4.79 Å². The third-order valence-electron chi connectivity index (χ3n) is 4.75. The Morgan fingerprint density at radius 2 is 1.92 bits per heavy atom. The molecule has 0 atom stereocenters. The highest BCUT2D eigenvalue weighted by atomic mass is 16.4. The Bertz CT molecular complexity index is 761. The van der Waals surface area contributed by atoms with E-state index in [0.717, 1.165) is 38.0 Å². The quantitative estimate of drug-likeness (QED) is 0.862. The number of piperidine rings is 1. The molecule has 1 aliphatic rings. The minimum absolute atomic E-state index is 0.0688. The number of likely N-dealkylation sites (tertiary alicyclic amines) is 1. The number of carbonyl (C=O) groups excluding carboxylic acids is 1. The molecule has 2 N–H and O–H groups in total. The van der Waals surface area contributed by atoms with Gasteiger partial charge in [-0.2, -0.15) is 5.10 Å². The summed E-state index contributed by atoms with van der Waals surface area (Å²) in [4.78, 5) is 25.0. The number of aryl methyl sites for hydroxylation is 1. The number of carboxylic acids is 1. The van der Waals surface area contributed by atoms with E-state index in [2.05, 4.69) is 16.6 Å². The molecule has 0 saturated carbocycles. The summed E-state index contributed by atoms with van der Waals surface area (Å²) in [6.45, 7) is 4.82. The van der Waals surface area contributed by atoms with Crippen LogP contribution in [0.25, 0.3) is 0 Å². The number of carboxylic acid groups (broad SMARTS) is 1. The zero-order chi connectivity index (χ0) is 18.5. The molecule has 1 saturated heterocycles. The van der Waals surface area contributed by atoms with E-state index in [9.17, 15) is 9.59 Å². The molecule has 0 unspecified atom stereocenters. The molecular weight excluding hydrogens is 332 g/mol. The van der Waals surface area contributed by atoms with Gasteiger partial charge in [0.15, 0.2) is 0 Å². The fraction of sp³-hybridized carbons (Fsp3) is 0.421. The second-order valence-electron chi connectivity index (χ2n) is 6.83. The van der Waals surface area contributed by atoms with E-state index in [4.69, 9.17) is 5.11 Å². The van der Waals surface area contributed by atoms with E-state index in [1.165, 1.54) is 5.56 Å². The largest absolute Gasteiger partial charge is 0.478 e. The Labute approximate surface area is 152 Å². The zero-order valence-corrected chi connectivity index (χ0v) is 14.9. The smallest absolute Gasteiger partial charge is 0.335 e. The Balaban J connectivity index is 1.42. The standard InChI is InChI=1S/C19H24N4O3/c1-14-10-21-23(12-14)13-16-6-8-22(9-7-16)19(26)20-11-15-2-4-17(5-3-15)18(24)25/h2-5,10,12,16H,6-9,11,13H2,1H3,(H,20,26)(H,24,25). The van der Waals surface area contributed by atoms with Crippen LogP contribution >= 0.6 is 0 Å². The molecular formula is C19H24N4O3. The predicted octanol–water partition coefficient (Wildman–Crippen LogP) is 2.51. The average Bonchev–Trinajstić information content (AvgIpc) is 3.05. The normalized spacial score (nSPS) is 15.0. The van der Waals surface area contributed by atoms with Gasteiger partial charge in [-0.25, -0.2) is 9.59 Å². The van der Waals surface area contributed by atoms with Crippen LogP contribution in [-0.4, -0.2) is 44.9 Å². The van der Waals surface area contributed by atoms with Crippen molar-refractivity contribution >= 4 is 12.0 Å². The van der Waals surface area contributed by atoms with Gasteiger partial charge >= 0.3 is 12.0 Å². The van der Waals surface area contributed by atoms with Crippen LogP contribution in [0.5, 0.6) is 0 Å². The second kappa shape index (κ2) is 8.03. The summed E-state index contributed by atoms with van der Waals surface area (Å²) in [5, 5.41) is 16.1. The number of nitrogens with one attached hydrogen (secondary N) is 1. The molecule has 2 aromatic rings. The molecule has 1 fully saturated rings. The Kier molecular flexibility index (Phi) is 5.55. The van der Waals surface area contributed by atoms with Crippen LogP contribution < -0.4 is 5.32 Å². The minimum atomic E-state index is -0.950. The fourth-order valence-corrected chi connectivity index (χ4v) is 3.20.